The van der Waals surface area contributed by atoms with Crippen LogP contribution >= 0.6 is 0 Å². The van der Waals surface area contributed by atoms with Gasteiger partial charge >= 0.3 is 23.9 Å². The summed E-state index contributed by atoms with van der Waals surface area (Å²) in [5.74, 6) is -1.87. The van der Waals surface area contributed by atoms with Crippen LogP contribution in [-0.4, -0.2) is 72.3 Å². The molecule has 0 unspecified atom stereocenters. The molecule has 0 amide bonds. The van der Waals surface area contributed by atoms with E-state index >= 15 is 0 Å². The Hall–Kier alpha value is -5.26. The lowest BCUT2D eigenvalue weighted by molar-refractivity contribution is -0.141. The third-order valence-electron chi connectivity index (χ3n) is 8.75. The highest BCUT2D eigenvalue weighted by molar-refractivity contribution is 5.87. The molecule has 48 heavy (non-hydrogen) atoms. The Morgan fingerprint density at radius 2 is 0.792 bits per heavy atom. The molecule has 5 rings (SSSR count). The largest absolute Gasteiger partial charge is 0.469 e. The summed E-state index contributed by atoms with van der Waals surface area (Å²) in [6, 6.07) is 7.41. The lowest BCUT2D eigenvalue weighted by Gasteiger charge is -2.13. The second-order valence-corrected chi connectivity index (χ2v) is 13.0. The van der Waals surface area contributed by atoms with Crippen LogP contribution in [0.15, 0.2) is 24.3 Å². The fraction of sp³-hybridized carbons (Fsp3) is 0.389. The predicted molar refractivity (Wildman–Crippen MR) is 178 cm³/mol. The van der Waals surface area contributed by atoms with Crippen LogP contribution in [0.25, 0.3) is 34.2 Å². The minimum absolute atomic E-state index is 0.0865. The van der Waals surface area contributed by atoms with Crippen LogP contribution in [0.5, 0.6) is 0 Å². The smallest absolute Gasteiger partial charge is 0.310 e. The molecule has 0 fully saturated rings. The van der Waals surface area contributed by atoms with Crippen LogP contribution in [0.4, 0.5) is 0 Å². The fourth-order valence-electron chi connectivity index (χ4n) is 6.08. The lowest BCUT2D eigenvalue weighted by atomic mass is 9.90. The topological polar surface area (TPSA) is 163 Å². The average Bonchev–Trinajstić information content (AvgIpc) is 3.69. The summed E-state index contributed by atoms with van der Waals surface area (Å²) in [4.78, 5) is 67.3. The van der Waals surface area contributed by atoms with Crippen LogP contribution in [0.2, 0.25) is 0 Å². The standard InChI is InChI=1S/C36H40N4O8/c1-35(2)17-19-9-25-22(12-32(42)46-6)24(14-34(44)48-8)28(40-25)16-30-36(3,4)18-20(38-30)10-26-21(11-31(41)45-5)23(13-33(43)47-7)27(39-26)15-29(35)37-19/h9-10,15-18,39-40H,11-14H2,1-8H3. The van der Waals surface area contributed by atoms with Crippen LogP contribution in [0.3, 0.4) is 0 Å². The number of nitrogens with one attached hydrogen (secondary N) is 2. The van der Waals surface area contributed by atoms with E-state index in [2.05, 4.69) is 9.97 Å². The second kappa shape index (κ2) is 13.1. The highest BCUT2D eigenvalue weighted by atomic mass is 16.5. The van der Waals surface area contributed by atoms with E-state index in [-0.39, 0.29) is 25.7 Å². The summed E-state index contributed by atoms with van der Waals surface area (Å²) in [5, 5.41) is 1.24. The Kier molecular flexibility index (Phi) is 9.30. The van der Waals surface area contributed by atoms with Crippen molar-refractivity contribution >= 4 is 58.1 Å². The fourth-order valence-corrected chi connectivity index (χ4v) is 6.08. The van der Waals surface area contributed by atoms with Crippen LogP contribution in [0, 0.1) is 0 Å². The van der Waals surface area contributed by atoms with Gasteiger partial charge in [-0.05, 0) is 58.7 Å². The molecule has 0 aromatic carbocycles. The number of aromatic nitrogens is 4. The number of carbonyl (C=O) groups excluding carboxylic acids is 4. The van der Waals surface area contributed by atoms with Crippen molar-refractivity contribution in [3.05, 3.63) is 68.6 Å². The van der Waals surface area contributed by atoms with Gasteiger partial charge in [-0.3, -0.25) is 29.1 Å². The van der Waals surface area contributed by atoms with Crippen molar-refractivity contribution in [2.75, 3.05) is 28.4 Å². The van der Waals surface area contributed by atoms with Gasteiger partial charge in [0.1, 0.15) is 0 Å². The van der Waals surface area contributed by atoms with Crippen molar-refractivity contribution in [2.45, 2.75) is 64.2 Å². The minimum atomic E-state index is -0.546. The summed E-state index contributed by atoms with van der Waals surface area (Å²) in [5.41, 5.74) is 5.03. The first kappa shape index (κ1) is 34.1. The maximum absolute atomic E-state index is 12.6. The van der Waals surface area contributed by atoms with Gasteiger partial charge in [0.2, 0.25) is 0 Å². The highest BCUT2D eigenvalue weighted by Crippen LogP contribution is 2.31. The first-order chi connectivity index (χ1) is 22.7. The number of carbonyl (C=O) groups is 4. The van der Waals surface area contributed by atoms with Crippen molar-refractivity contribution < 1.29 is 38.1 Å². The molecule has 0 aliphatic carbocycles. The minimum Gasteiger partial charge on any atom is -0.469 e. The number of hydrogen-bond donors (Lipinski definition) is 2. The Bertz CT molecular complexity index is 1970. The lowest BCUT2D eigenvalue weighted by Crippen LogP contribution is -2.11. The number of rotatable bonds is 8. The van der Waals surface area contributed by atoms with Crippen LogP contribution in [-0.2, 0) is 74.6 Å². The van der Waals surface area contributed by atoms with E-state index in [1.807, 2.05) is 64.1 Å². The van der Waals surface area contributed by atoms with Gasteiger partial charge in [0.15, 0.2) is 0 Å². The van der Waals surface area contributed by atoms with E-state index in [0.29, 0.717) is 66.4 Å². The Morgan fingerprint density at radius 3 is 1.06 bits per heavy atom. The number of ether oxygens (including phenoxy) is 4. The third-order valence-corrected chi connectivity index (χ3v) is 8.75. The van der Waals surface area contributed by atoms with Gasteiger partial charge in [0.25, 0.3) is 0 Å². The number of hydrogen-bond acceptors (Lipinski definition) is 10. The molecular weight excluding hydrogens is 616 g/mol. The number of fused-ring (bicyclic) bond motifs is 8. The van der Waals surface area contributed by atoms with E-state index in [0.717, 1.165) is 0 Å². The first-order valence-corrected chi connectivity index (χ1v) is 15.5. The van der Waals surface area contributed by atoms with Crippen molar-refractivity contribution in [1.82, 2.24) is 19.9 Å². The van der Waals surface area contributed by atoms with Crippen molar-refractivity contribution in [3.8, 4) is 0 Å². The molecule has 8 bridgehead atoms. The number of aromatic amines is 2. The zero-order valence-electron chi connectivity index (χ0n) is 28.5. The molecule has 2 aliphatic rings. The Labute approximate surface area is 277 Å². The highest BCUT2D eigenvalue weighted by Gasteiger charge is 2.27. The van der Waals surface area contributed by atoms with Gasteiger partial charge in [0, 0.05) is 32.9 Å². The molecule has 12 nitrogen and oxygen atoms in total. The predicted octanol–water partition coefficient (Wildman–Crippen LogP) is 2.69. The zero-order chi connectivity index (χ0) is 35.0. The van der Waals surface area contributed by atoms with Gasteiger partial charge in [0.05, 0.1) is 76.2 Å². The van der Waals surface area contributed by atoms with Gasteiger partial charge in [-0.1, -0.05) is 27.7 Å². The average molecular weight is 657 g/mol. The quantitative estimate of drug-likeness (QED) is 0.272. The number of esters is 4. The van der Waals surface area contributed by atoms with Gasteiger partial charge in [-0.25, -0.2) is 0 Å². The monoisotopic (exact) mass is 656 g/mol. The van der Waals surface area contributed by atoms with Crippen LogP contribution < -0.4 is 10.7 Å². The SMILES string of the molecule is COC(=O)Cc1c(CC(=O)OC)c2cc3nc(cc4[nH]c(cc5nc(cc1[nH]2)C(C)(C)C=5)c(CC(=O)OC)c4CC(=O)OC)C(C)(C)C=3. The van der Waals surface area contributed by atoms with Gasteiger partial charge in [-0.2, -0.15) is 0 Å². The molecule has 0 radical (unpaired) electrons. The van der Waals surface area contributed by atoms with E-state index in [1.165, 1.54) is 28.4 Å². The molecule has 0 spiro atoms. The first-order valence-electron chi connectivity index (χ1n) is 15.5. The van der Waals surface area contributed by atoms with Gasteiger partial charge < -0.3 is 28.9 Å². The van der Waals surface area contributed by atoms with E-state index in [4.69, 9.17) is 28.9 Å². The maximum atomic E-state index is 12.6. The molecule has 2 aliphatic heterocycles. The number of nitrogens with zero attached hydrogens (tertiary/aromatic N) is 2. The molecule has 0 saturated carbocycles. The summed E-state index contributed by atoms with van der Waals surface area (Å²) in [7, 11) is 5.27. The molecule has 5 heterocycles. The molecule has 3 aromatic heterocycles. The van der Waals surface area contributed by atoms with Crippen molar-refractivity contribution in [3.63, 3.8) is 0 Å². The second-order valence-electron chi connectivity index (χ2n) is 13.0. The molecular formula is C36H40N4O8. The summed E-state index contributed by atoms with van der Waals surface area (Å²) >= 11 is 0. The normalized spacial score (nSPS) is 14.3. The Morgan fingerprint density at radius 1 is 0.521 bits per heavy atom. The molecule has 0 saturated heterocycles. The van der Waals surface area contributed by atoms with Gasteiger partial charge in [-0.15, -0.1) is 0 Å². The maximum Gasteiger partial charge on any atom is 0.310 e. The molecule has 3 aromatic rings. The Balaban J connectivity index is 1.98. The van der Waals surface area contributed by atoms with E-state index in [1.54, 1.807) is 0 Å². The van der Waals surface area contributed by atoms with Crippen molar-refractivity contribution in [2.24, 2.45) is 0 Å². The zero-order valence-corrected chi connectivity index (χ0v) is 28.5. The summed E-state index contributed by atoms with van der Waals surface area (Å²) in [6.07, 6.45) is 3.64. The summed E-state index contributed by atoms with van der Waals surface area (Å²) in [6.45, 7) is 8.04. The number of methoxy groups -OCH3 is 4. The van der Waals surface area contributed by atoms with Crippen LogP contribution in [0.1, 0.15) is 61.3 Å². The molecule has 252 valence electrons. The molecule has 0 atom stereocenters. The number of H-pyrrole nitrogens is 2. The third kappa shape index (κ3) is 6.87. The van der Waals surface area contributed by atoms with Crippen molar-refractivity contribution in [1.29, 1.82) is 0 Å². The summed E-state index contributed by atoms with van der Waals surface area (Å²) < 4.78 is 20.1. The molecule has 12 heteroatoms. The molecule has 2 N–H and O–H groups in total. The van der Waals surface area contributed by atoms with E-state index in [9.17, 15) is 19.2 Å². The van der Waals surface area contributed by atoms with E-state index < -0.39 is 34.7 Å².